The molecule has 21 heterocycles. The van der Waals surface area contributed by atoms with Crippen molar-refractivity contribution in [3.63, 3.8) is 0 Å². The molecule has 0 aliphatic carbocycles. The van der Waals surface area contributed by atoms with Crippen molar-refractivity contribution in [2.75, 3.05) is 46.2 Å². The summed E-state index contributed by atoms with van der Waals surface area (Å²) in [4.78, 5) is 14.5. The van der Waals surface area contributed by atoms with E-state index in [4.69, 9.17) is 66.3 Å². The number of rotatable bonds is 9. The van der Waals surface area contributed by atoms with Gasteiger partial charge in [0.25, 0.3) is 5.91 Å². The first-order valence-electron chi connectivity index (χ1n) is 30.8. The summed E-state index contributed by atoms with van der Waals surface area (Å²) in [6, 6.07) is 16.5. The molecule has 36 heteroatoms. The number of ether oxygens (including phenoxy) is 14. The van der Waals surface area contributed by atoms with Gasteiger partial charge in [0.05, 0.1) is 39.6 Å². The molecule has 35 atom stereocenters. The van der Waals surface area contributed by atoms with Gasteiger partial charge in [0.2, 0.25) is 0 Å². The molecule has 21 N–H and O–H groups in total. The molecular formula is C59H79NO35. The molecule has 0 aromatic heterocycles. The Morgan fingerprint density at radius 3 is 0.789 bits per heavy atom. The average Bonchev–Trinajstić information content (AvgIpc) is 0.747. The molecule has 4 aromatic rings. The highest BCUT2D eigenvalue weighted by Gasteiger charge is 2.60. The van der Waals surface area contributed by atoms with Gasteiger partial charge in [0.15, 0.2) is 44.0 Å². The first kappa shape index (κ1) is 70.9. The van der Waals surface area contributed by atoms with Crippen molar-refractivity contribution >= 4 is 38.2 Å². The maximum atomic E-state index is 14.5. The molecule has 21 fully saturated rings. The largest absolute Gasteiger partial charge is 0.394 e. The molecule has 36 nitrogen and oxygen atoms in total. The fraction of sp³-hybridized carbons (Fsp3) is 0.712. The molecule has 95 heavy (non-hydrogen) atoms. The predicted octanol–water partition coefficient (Wildman–Crippen LogP) is -10.9. The molecule has 21 aliphatic heterocycles. The Morgan fingerprint density at radius 1 is 0.284 bits per heavy atom. The van der Waals surface area contributed by atoms with Crippen molar-refractivity contribution in [1.29, 1.82) is 0 Å². The van der Waals surface area contributed by atoms with Gasteiger partial charge in [-0.05, 0) is 38.4 Å². The summed E-state index contributed by atoms with van der Waals surface area (Å²) in [5.74, 6) is -0.710. The van der Waals surface area contributed by atoms with E-state index in [1.54, 1.807) is 18.2 Å². The van der Waals surface area contributed by atoms with Gasteiger partial charge in [-0.2, -0.15) is 0 Å². The zero-order valence-electron chi connectivity index (χ0n) is 49.9. The molecular weight excluding hydrogens is 1280 g/mol. The number of carbonyl (C=O) groups is 1. The third-order valence-corrected chi connectivity index (χ3v) is 18.8. The maximum Gasteiger partial charge on any atom is 0.252 e. The minimum atomic E-state index is -2.28. The van der Waals surface area contributed by atoms with E-state index >= 15 is 0 Å². The van der Waals surface area contributed by atoms with Crippen LogP contribution in [0.1, 0.15) is 10.4 Å². The fourth-order valence-corrected chi connectivity index (χ4v) is 13.7. The van der Waals surface area contributed by atoms with Crippen LogP contribution in [0.15, 0.2) is 54.6 Å². The normalized spacial score (nSPS) is 47.2. The third-order valence-electron chi connectivity index (χ3n) is 18.8. The minimum Gasteiger partial charge on any atom is -0.394 e. The Morgan fingerprint density at radius 2 is 0.516 bits per heavy atom. The van der Waals surface area contributed by atoms with Gasteiger partial charge in [-0.25, -0.2) is 0 Å². The quantitative estimate of drug-likeness (QED) is 0.0692. The van der Waals surface area contributed by atoms with Gasteiger partial charge in [-0.1, -0.05) is 48.5 Å². The lowest BCUT2D eigenvalue weighted by Gasteiger charge is -2.50. The van der Waals surface area contributed by atoms with Crippen LogP contribution >= 0.6 is 0 Å². The monoisotopic (exact) mass is 1360 g/mol. The lowest BCUT2D eigenvalue weighted by molar-refractivity contribution is -0.396. The Kier molecular flexibility index (Phi) is 21.9. The van der Waals surface area contributed by atoms with Gasteiger partial charge >= 0.3 is 0 Å². The smallest absolute Gasteiger partial charge is 0.252 e. The van der Waals surface area contributed by atoms with Crippen molar-refractivity contribution in [2.24, 2.45) is 0 Å². The zero-order chi connectivity index (χ0) is 67.7. The summed E-state index contributed by atoms with van der Waals surface area (Å²) in [5.41, 5.74) is 0.168. The summed E-state index contributed by atoms with van der Waals surface area (Å²) in [6.07, 6.45) is -71.6. The van der Waals surface area contributed by atoms with E-state index in [9.17, 15) is 107 Å². The number of hydrogen-bond acceptors (Lipinski definition) is 35. The number of aliphatic hydroxyl groups is 20. The van der Waals surface area contributed by atoms with E-state index in [1.165, 1.54) is 0 Å². The lowest BCUT2D eigenvalue weighted by Crippen LogP contribution is -2.68. The average molecular weight is 1360 g/mol. The topological polar surface area (TPSA) is 563 Å². The van der Waals surface area contributed by atoms with Crippen molar-refractivity contribution < 1.29 is 173 Å². The van der Waals surface area contributed by atoms with Crippen LogP contribution in [0, 0.1) is 0 Å². The highest BCUT2D eigenvalue weighted by atomic mass is 16.8. The molecule has 4 aromatic carbocycles. The standard InChI is InChI=1S/C59H79NO35/c61-11-23-46-33(69)40(76)55(84-23)92-48-25(13-63)86-57(42(78)35(48)71)94-50-27(15-65)88-59(44(80)37(50)73)95-51-28(16-66)87-58(43(79)36(51)72)93-49-26(14-64)85-56(41(77)34(49)70)91-47-24(12-62)83-54(39(75)32(47)68)89-45-22(82-53(90-46)38(74)31(45)67)10-60-52(81)21-9-7-19-5-4-17-2-1-3-18-6-8-20(21)30(19)29(17)18/h1-9,22-28,31-51,53-59,61-80H,10-16H2,(H,60,81)/t22-,23-,24-,25-,26-,27-,28-,31-,32-,33-,34-,35-,36-,37-,38-,39-,40-,41-,42-,43-,44-,45-,46-,47-,48-,49-,50-,51-,53-,54-,55-,56-,57-,58-,59-/m1/s1. The summed E-state index contributed by atoms with van der Waals surface area (Å²) < 4.78 is 81.9. The number of hydrogen-bond donors (Lipinski definition) is 21. The van der Waals surface area contributed by atoms with Crippen LogP contribution in [-0.2, 0) is 66.3 Å². The van der Waals surface area contributed by atoms with Crippen LogP contribution < -0.4 is 5.32 Å². The van der Waals surface area contributed by atoms with E-state index in [0.717, 1.165) is 26.9 Å². The van der Waals surface area contributed by atoms with Crippen molar-refractivity contribution in [3.05, 3.63) is 60.2 Å². The number of amides is 1. The van der Waals surface area contributed by atoms with Crippen molar-refractivity contribution in [2.45, 2.75) is 215 Å². The van der Waals surface area contributed by atoms with Crippen LogP contribution in [0.25, 0.3) is 32.3 Å². The summed E-state index contributed by atoms with van der Waals surface area (Å²) in [7, 11) is 0. The fourth-order valence-electron chi connectivity index (χ4n) is 13.7. The molecule has 1 amide bonds. The summed E-state index contributed by atoms with van der Waals surface area (Å²) in [5, 5.41) is 233. The van der Waals surface area contributed by atoms with Crippen molar-refractivity contribution in [1.82, 2.24) is 5.32 Å². The Balaban J connectivity index is 0.849. The molecule has 0 unspecified atom stereocenters. The number of carbonyl (C=O) groups excluding carboxylic acids is 1. The second-order valence-electron chi connectivity index (χ2n) is 24.6. The Hall–Kier alpha value is -3.97. The van der Waals surface area contributed by atoms with Crippen LogP contribution in [0.2, 0.25) is 0 Å². The number of aliphatic hydroxyl groups excluding tert-OH is 20. The second-order valence-corrected chi connectivity index (χ2v) is 24.6. The van der Waals surface area contributed by atoms with Gasteiger partial charge in [0.1, 0.15) is 171 Å². The van der Waals surface area contributed by atoms with E-state index in [1.807, 2.05) is 36.4 Å². The Labute approximate surface area is 536 Å². The number of nitrogens with one attached hydrogen (secondary N) is 1. The summed E-state index contributed by atoms with van der Waals surface area (Å²) in [6.45, 7) is -7.07. The molecule has 0 radical (unpaired) electrons. The van der Waals surface area contributed by atoms with Crippen LogP contribution in [0.3, 0.4) is 0 Å². The first-order valence-corrected chi connectivity index (χ1v) is 30.8. The minimum absolute atomic E-state index is 0.168. The summed E-state index contributed by atoms with van der Waals surface area (Å²) >= 11 is 0. The second kappa shape index (κ2) is 29.3. The zero-order valence-corrected chi connectivity index (χ0v) is 49.9. The van der Waals surface area contributed by atoms with E-state index in [0.29, 0.717) is 5.39 Å². The molecule has 25 rings (SSSR count). The maximum absolute atomic E-state index is 14.5. The van der Waals surface area contributed by atoms with Crippen LogP contribution in [0.4, 0.5) is 0 Å². The first-order chi connectivity index (χ1) is 45.5. The highest BCUT2D eigenvalue weighted by Crippen LogP contribution is 2.41. The highest BCUT2D eigenvalue weighted by molar-refractivity contribution is 6.26. The Bertz CT molecular complexity index is 3160. The van der Waals surface area contributed by atoms with Gasteiger partial charge in [-0.15, -0.1) is 0 Å². The predicted molar refractivity (Wildman–Crippen MR) is 304 cm³/mol. The third kappa shape index (κ3) is 13.2. The van der Waals surface area contributed by atoms with Crippen molar-refractivity contribution in [3.8, 4) is 0 Å². The van der Waals surface area contributed by atoms with Gasteiger partial charge < -0.3 is 174 Å². The van der Waals surface area contributed by atoms with Crippen LogP contribution in [-0.4, -0.2) is 369 Å². The van der Waals surface area contributed by atoms with E-state index in [-0.39, 0.29) is 5.56 Å². The molecule has 530 valence electrons. The van der Waals surface area contributed by atoms with Gasteiger partial charge in [0, 0.05) is 12.1 Å². The molecule has 0 saturated carbocycles. The lowest BCUT2D eigenvalue weighted by atomic mass is 9.91. The van der Waals surface area contributed by atoms with E-state index < -0.39 is 267 Å². The molecule has 0 spiro atoms. The number of benzene rings is 4. The SMILES string of the molecule is O=C(NC[C@H]1O[C@@H]2O[C@H]3[C@H](O)[C@@H](O)[C@@H](O[C@H]4[C@H](O)[C@@H](O)[C@@H](O[C@H]5[C@H](O)[C@@H](O)[C@@H](O[C@H]6[C@H](O)[C@@H](O)[C@@H](O[C@H]7[C@H](O)[C@@H](O)[C@@H](O[C@H]8[C@H](O)[C@@H](O)[C@@H](O[C@H]1[C@H](O)[C@H]2O)O[C@@H]8CO)O[C@@H]7CO)O[C@@H]6CO)O[C@@H]5CO)O[C@@H]4CO)O[C@@H]3CO)c1ccc2ccc3cccc4ccc1c2c34. The molecule has 21 aliphatic rings. The van der Waals surface area contributed by atoms with Crippen LogP contribution in [0.5, 0.6) is 0 Å². The van der Waals surface area contributed by atoms with E-state index in [2.05, 4.69) is 5.32 Å². The van der Waals surface area contributed by atoms with Gasteiger partial charge in [-0.3, -0.25) is 4.79 Å². The molecule has 14 bridgehead atoms. The molecule has 21 saturated heterocycles.